The number of phenolic OH excluding ortho intramolecular Hbond substituents is 1. The number of thiazole rings is 1. The highest BCUT2D eigenvalue weighted by Crippen LogP contribution is 2.39. The summed E-state index contributed by atoms with van der Waals surface area (Å²) in [6, 6.07) is 9.86. The molecule has 0 radical (unpaired) electrons. The van der Waals surface area contributed by atoms with Crippen LogP contribution in [0.15, 0.2) is 35.7 Å². The summed E-state index contributed by atoms with van der Waals surface area (Å²) >= 11 is 8.27. The number of likely N-dealkylation sites (tertiary alicyclic amines) is 1. The van der Waals surface area contributed by atoms with Gasteiger partial charge in [0.05, 0.1) is 43.4 Å². The Hall–Kier alpha value is -5.27. The monoisotopic (exact) mass is 1090 g/mol. The number of phenols is 1. The van der Waals surface area contributed by atoms with Crippen LogP contribution in [0.2, 0.25) is 5.02 Å². The lowest BCUT2D eigenvalue weighted by Crippen LogP contribution is -2.58. The maximum Gasteiger partial charge on any atom is 0.490 e. The van der Waals surface area contributed by atoms with Crippen molar-refractivity contribution in [3.05, 3.63) is 68.1 Å². The maximum absolute atomic E-state index is 13.6. The van der Waals surface area contributed by atoms with Crippen molar-refractivity contribution in [2.75, 3.05) is 77.6 Å². The first-order valence-electron chi connectivity index (χ1n) is 24.3. The molecule has 2 saturated heterocycles. The van der Waals surface area contributed by atoms with Crippen molar-refractivity contribution in [3.8, 4) is 11.5 Å². The molecule has 1 saturated carbocycles. The lowest BCUT2D eigenvalue weighted by molar-refractivity contribution is -0.193. The minimum absolute atomic E-state index is 0.00184. The van der Waals surface area contributed by atoms with E-state index >= 15 is 0 Å². The summed E-state index contributed by atoms with van der Waals surface area (Å²) in [5, 5.41) is 34.2. The van der Waals surface area contributed by atoms with Gasteiger partial charge in [-0.25, -0.2) is 14.6 Å². The van der Waals surface area contributed by atoms with Crippen molar-refractivity contribution >= 4 is 58.3 Å². The largest absolute Gasteiger partial charge is 0.506 e. The van der Waals surface area contributed by atoms with Gasteiger partial charge in [-0.2, -0.15) is 26.3 Å². The molecule has 1 aliphatic carbocycles. The molecule has 5 N–H and O–H groups in total. The topological polar surface area (TPSA) is 220 Å². The molecule has 4 aliphatic rings. The number of aromatic nitrogens is 1. The van der Waals surface area contributed by atoms with Crippen LogP contribution in [0.4, 0.5) is 32.0 Å². The third kappa shape index (κ3) is 18.0. The van der Waals surface area contributed by atoms with Gasteiger partial charge in [-0.1, -0.05) is 62.9 Å². The molecular weight excluding hydrogens is 1030 g/mol. The van der Waals surface area contributed by atoms with Crippen molar-refractivity contribution in [2.24, 2.45) is 0 Å². The summed E-state index contributed by atoms with van der Waals surface area (Å²) in [4.78, 5) is 67.5. The van der Waals surface area contributed by atoms with E-state index in [2.05, 4.69) is 51.4 Å². The first kappa shape index (κ1) is 59.6. The van der Waals surface area contributed by atoms with E-state index in [4.69, 9.17) is 45.6 Å². The molecule has 17 nitrogen and oxygen atoms in total. The second-order valence-corrected chi connectivity index (χ2v) is 19.9. The van der Waals surface area contributed by atoms with E-state index in [1.165, 1.54) is 6.42 Å². The van der Waals surface area contributed by atoms with Crippen molar-refractivity contribution < 1.29 is 79.8 Å². The number of alkyl halides is 6. The van der Waals surface area contributed by atoms with E-state index in [0.29, 0.717) is 88.4 Å². The molecule has 7 rings (SSSR count). The summed E-state index contributed by atoms with van der Waals surface area (Å²) in [6.07, 6.45) is -1.15. The number of piperidine rings is 1. The predicted octanol–water partition coefficient (Wildman–Crippen LogP) is 7.67. The number of rotatable bonds is 17. The molecule has 25 heteroatoms. The van der Waals surface area contributed by atoms with Gasteiger partial charge in [-0.15, -0.1) is 11.3 Å². The smallest absolute Gasteiger partial charge is 0.490 e. The number of aromatic hydroxyl groups is 1. The van der Waals surface area contributed by atoms with Crippen LogP contribution in [0.3, 0.4) is 0 Å². The lowest BCUT2D eigenvalue weighted by atomic mass is 9.89. The van der Waals surface area contributed by atoms with Crippen molar-refractivity contribution in [2.45, 2.75) is 115 Å². The summed E-state index contributed by atoms with van der Waals surface area (Å²) in [5.74, 6) is -4.85. The Balaban J connectivity index is 0.000000636. The zero-order chi connectivity index (χ0) is 54.2. The molecule has 4 heterocycles. The van der Waals surface area contributed by atoms with Gasteiger partial charge in [0.15, 0.2) is 12.4 Å². The number of ether oxygens (including phenoxy) is 3. The Kier molecular flexibility index (Phi) is 22.1. The van der Waals surface area contributed by atoms with Gasteiger partial charge in [-0.05, 0) is 73.9 Å². The number of hydrogen-bond acceptors (Lipinski definition) is 13. The van der Waals surface area contributed by atoms with Crippen LogP contribution in [0.25, 0.3) is 0 Å². The number of fused-ring (bicyclic) bond motifs is 1. The molecule has 3 amide bonds. The number of hydrogen-bond donors (Lipinski definition) is 5. The summed E-state index contributed by atoms with van der Waals surface area (Å²) in [7, 11) is 0. The molecule has 2 aromatic carbocycles. The standard InChI is InChI=1S/C45H61ClN6O7S.2C2HF3O2/c1-31(2)43-48-37(29-60-43)44(56)51-22-25-59-45(30-51)15-19-50(20-16-45)27-34-26-32(8-10-36(34)46)13-23-57-24-14-40(55)52(35-6-4-3-5-7-35)21-18-47-17-12-33-9-11-38(53)41-42(33)58-28-39(54)49-41;2*3-2(4,5)1(6)7/h8-11,26,29,31,35,47,53H,3-7,12-25,27-28,30H2,1-2H3,(H,49,54);2*(H,6,7). The van der Waals surface area contributed by atoms with Gasteiger partial charge in [0.25, 0.3) is 11.8 Å². The minimum Gasteiger partial charge on any atom is -0.506 e. The maximum atomic E-state index is 13.6. The molecule has 0 bridgehead atoms. The van der Waals surface area contributed by atoms with Gasteiger partial charge < -0.3 is 50.0 Å². The van der Waals surface area contributed by atoms with Crippen molar-refractivity contribution in [1.82, 2.24) is 25.0 Å². The number of anilines is 1. The molecule has 1 aromatic heterocycles. The summed E-state index contributed by atoms with van der Waals surface area (Å²) < 4.78 is 81.5. The molecule has 3 fully saturated rings. The Morgan fingerprint density at radius 3 is 2.27 bits per heavy atom. The van der Waals surface area contributed by atoms with Crippen LogP contribution < -0.4 is 15.4 Å². The average molecular weight is 1090 g/mol. The van der Waals surface area contributed by atoms with Crippen LogP contribution >= 0.6 is 22.9 Å². The normalized spacial score (nSPS) is 17.0. The molecule has 3 aliphatic heterocycles. The highest BCUT2D eigenvalue weighted by Gasteiger charge is 2.42. The highest BCUT2D eigenvalue weighted by atomic mass is 35.5. The highest BCUT2D eigenvalue weighted by molar-refractivity contribution is 7.09. The number of halogens is 7. The second kappa shape index (κ2) is 27.5. The van der Waals surface area contributed by atoms with Gasteiger partial charge in [-0.3, -0.25) is 19.3 Å². The van der Waals surface area contributed by atoms with Gasteiger partial charge in [0.2, 0.25) is 5.91 Å². The predicted molar refractivity (Wildman–Crippen MR) is 261 cm³/mol. The van der Waals surface area contributed by atoms with E-state index < -0.39 is 24.3 Å². The third-order valence-corrected chi connectivity index (χ3v) is 14.3. The first-order chi connectivity index (χ1) is 35.0. The number of amides is 3. The number of carboxylic acids is 2. The van der Waals surface area contributed by atoms with Gasteiger partial charge in [0.1, 0.15) is 17.1 Å². The number of carboxylic acid groups (broad SMARTS) is 2. The zero-order valence-electron chi connectivity index (χ0n) is 41.1. The molecule has 1 spiro atoms. The minimum atomic E-state index is -5.08. The molecule has 3 aromatic rings. The number of carbonyl (C=O) groups excluding carboxylic acids is 3. The SMILES string of the molecule is CC(C)c1nc(C(=O)N2CCOC3(CCN(Cc4cc(CCOCCC(=O)N(CCNCCc5ccc(O)c6c5OCC(=O)N6)C5CCCCC5)ccc4Cl)CC3)C2)cs1.O=C(O)C(F)(F)F.O=C(O)C(F)(F)F. The summed E-state index contributed by atoms with van der Waals surface area (Å²) in [5.41, 5.74) is 3.69. The van der Waals surface area contributed by atoms with Crippen LogP contribution in [-0.4, -0.2) is 161 Å². The number of morpholine rings is 1. The van der Waals surface area contributed by atoms with Crippen LogP contribution in [0.1, 0.15) is 103 Å². The number of nitrogens with one attached hydrogen (secondary N) is 2. The number of aliphatic carboxylic acids is 2. The Labute approximate surface area is 433 Å². The summed E-state index contributed by atoms with van der Waals surface area (Å²) in [6.45, 7) is 11.2. The van der Waals surface area contributed by atoms with Crippen LogP contribution in [0.5, 0.6) is 11.5 Å². The van der Waals surface area contributed by atoms with Gasteiger partial charge >= 0.3 is 24.3 Å². The molecule has 0 atom stereocenters. The van der Waals surface area contributed by atoms with E-state index in [1.807, 2.05) is 22.4 Å². The quantitative estimate of drug-likeness (QED) is 0.0498. The average Bonchev–Trinajstić information content (AvgIpc) is 3.86. The van der Waals surface area contributed by atoms with Crippen molar-refractivity contribution in [1.29, 1.82) is 0 Å². The molecule has 0 unspecified atom stereocenters. The Morgan fingerprint density at radius 1 is 0.959 bits per heavy atom. The first-order valence-corrected chi connectivity index (χ1v) is 25.6. The second-order valence-electron chi connectivity index (χ2n) is 18.6. The molecular formula is C49H63ClF6N6O11S. The number of carbonyl (C=O) groups is 5. The van der Waals surface area contributed by atoms with E-state index in [-0.39, 0.29) is 41.7 Å². The molecule has 410 valence electrons. The van der Waals surface area contributed by atoms with Crippen LogP contribution in [-0.2, 0) is 48.0 Å². The Bertz CT molecular complexity index is 2350. The third-order valence-electron chi connectivity index (χ3n) is 12.8. The fourth-order valence-corrected chi connectivity index (χ4v) is 9.84. The van der Waals surface area contributed by atoms with E-state index in [1.54, 1.807) is 17.4 Å². The Morgan fingerprint density at radius 2 is 1.64 bits per heavy atom. The van der Waals surface area contributed by atoms with E-state index in [0.717, 1.165) is 91.3 Å². The lowest BCUT2D eigenvalue weighted by Gasteiger charge is -2.47. The molecule has 74 heavy (non-hydrogen) atoms. The number of nitrogens with zero attached hydrogens (tertiary/aromatic N) is 4. The van der Waals surface area contributed by atoms with Crippen LogP contribution in [0, 0.1) is 0 Å². The zero-order valence-corrected chi connectivity index (χ0v) is 42.7. The van der Waals surface area contributed by atoms with Gasteiger partial charge in [0, 0.05) is 61.6 Å². The van der Waals surface area contributed by atoms with Crippen molar-refractivity contribution in [3.63, 3.8) is 0 Å². The number of benzene rings is 2. The van der Waals surface area contributed by atoms with E-state index in [9.17, 15) is 45.8 Å². The fraction of sp³-hybridized carbons (Fsp3) is 0.592. The fourth-order valence-electron chi connectivity index (χ4n) is 8.86.